The van der Waals surface area contributed by atoms with Crippen molar-refractivity contribution < 1.29 is 51.8 Å². The second-order valence-electron chi connectivity index (χ2n) is 7.12. The summed E-state index contributed by atoms with van der Waals surface area (Å²) in [5.41, 5.74) is 0.616. The number of halogens is 1. The fourth-order valence-electron chi connectivity index (χ4n) is 2.56. The van der Waals surface area contributed by atoms with Crippen molar-refractivity contribution in [1.82, 2.24) is 0 Å². The Morgan fingerprint density at radius 3 is 1.08 bits per heavy atom. The number of rotatable bonds is 28. The molecule has 0 fully saturated rings. The molecule has 0 spiro atoms. The van der Waals surface area contributed by atoms with Gasteiger partial charge in [0.15, 0.2) is 0 Å². The highest BCUT2D eigenvalue weighted by Gasteiger charge is 1.97. The molecule has 0 radical (unpaired) electrons. The Morgan fingerprint density at radius 2 is 0.778 bits per heavy atom. The first kappa shape index (κ1) is 32.3. The van der Waals surface area contributed by atoms with Crippen LogP contribution in [0.4, 0.5) is 4.39 Å². The molecule has 0 amide bonds. The third-order valence-electron chi connectivity index (χ3n) is 4.34. The first-order valence-corrected chi connectivity index (χ1v) is 12.2. The van der Waals surface area contributed by atoms with E-state index in [9.17, 15) is 9.18 Å². The van der Waals surface area contributed by atoms with E-state index >= 15 is 0 Å². The Balaban J connectivity index is 1.67. The van der Waals surface area contributed by atoms with Crippen LogP contribution in [0.2, 0.25) is 0 Å². The van der Waals surface area contributed by atoms with Crippen LogP contribution < -0.4 is 4.74 Å². The number of carbonyl (C=O) groups is 1. The molecule has 0 aromatic heterocycles. The molecule has 0 saturated carbocycles. The van der Waals surface area contributed by atoms with Gasteiger partial charge in [-0.1, -0.05) is 0 Å². The molecule has 0 heterocycles. The molecule has 0 aliphatic heterocycles. The van der Waals surface area contributed by atoms with Crippen LogP contribution in [0.15, 0.2) is 24.3 Å². The average Bonchev–Trinajstić information content (AvgIpc) is 2.91. The Morgan fingerprint density at radius 1 is 0.472 bits per heavy atom. The minimum absolute atomic E-state index is 0.112. The summed E-state index contributed by atoms with van der Waals surface area (Å²) in [6.07, 6.45) is 0.794. The molecule has 0 aliphatic carbocycles. The fourth-order valence-corrected chi connectivity index (χ4v) is 2.56. The van der Waals surface area contributed by atoms with E-state index in [0.717, 1.165) is 6.29 Å². The second-order valence-corrected chi connectivity index (χ2v) is 7.12. The molecule has 208 valence electrons. The largest absolute Gasteiger partial charge is 0.491 e. The van der Waals surface area contributed by atoms with Crippen LogP contribution in [0.1, 0.15) is 10.4 Å². The Bertz CT molecular complexity index is 591. The van der Waals surface area contributed by atoms with Gasteiger partial charge in [0, 0.05) is 5.56 Å². The van der Waals surface area contributed by atoms with Crippen LogP contribution in [0.25, 0.3) is 0 Å². The monoisotopic (exact) mass is 520 g/mol. The average molecular weight is 521 g/mol. The molecular formula is C25H41FO10. The second kappa shape index (κ2) is 26.4. The van der Waals surface area contributed by atoms with Gasteiger partial charge >= 0.3 is 0 Å². The number of hydrogen-bond acceptors (Lipinski definition) is 10. The zero-order valence-electron chi connectivity index (χ0n) is 21.1. The quantitative estimate of drug-likeness (QED) is 0.120. The van der Waals surface area contributed by atoms with Gasteiger partial charge in [0.25, 0.3) is 0 Å². The van der Waals surface area contributed by atoms with Gasteiger partial charge in [-0.2, -0.15) is 0 Å². The summed E-state index contributed by atoms with van der Waals surface area (Å²) in [5.74, 6) is 0.702. The molecule has 1 rings (SSSR count). The molecule has 0 saturated heterocycles. The molecule has 0 atom stereocenters. The lowest BCUT2D eigenvalue weighted by atomic mass is 10.2. The third kappa shape index (κ3) is 21.6. The third-order valence-corrected chi connectivity index (χ3v) is 4.34. The summed E-state index contributed by atoms with van der Waals surface area (Å²) in [6.45, 7) is 7.19. The van der Waals surface area contributed by atoms with Gasteiger partial charge in [0.05, 0.1) is 106 Å². The summed E-state index contributed by atoms with van der Waals surface area (Å²) in [4.78, 5) is 10.6. The number of carbonyl (C=O) groups excluding carboxylic acids is 1. The normalized spacial score (nSPS) is 11.1. The Kier molecular flexibility index (Phi) is 23.7. The van der Waals surface area contributed by atoms with E-state index in [-0.39, 0.29) is 6.61 Å². The molecular weight excluding hydrogens is 479 g/mol. The fraction of sp³-hybridized carbons (Fsp3) is 0.720. The van der Waals surface area contributed by atoms with Crippen molar-refractivity contribution in [2.45, 2.75) is 0 Å². The van der Waals surface area contributed by atoms with Crippen LogP contribution >= 0.6 is 0 Å². The summed E-state index contributed by atoms with van der Waals surface area (Å²) >= 11 is 0. The first-order valence-electron chi connectivity index (χ1n) is 12.2. The predicted molar refractivity (Wildman–Crippen MR) is 130 cm³/mol. The smallest absolute Gasteiger partial charge is 0.150 e. The topological polar surface area (TPSA) is 100 Å². The zero-order chi connectivity index (χ0) is 25.8. The maximum absolute atomic E-state index is 11.8. The maximum Gasteiger partial charge on any atom is 0.150 e. The van der Waals surface area contributed by atoms with Crippen LogP contribution in [0.3, 0.4) is 0 Å². The SMILES string of the molecule is O=Cc1ccc(OCCOCCOCCOCCOCCOCCOCCOCCOCCF)cc1. The highest BCUT2D eigenvalue weighted by atomic mass is 19.1. The van der Waals surface area contributed by atoms with Crippen molar-refractivity contribution in [1.29, 1.82) is 0 Å². The highest BCUT2D eigenvalue weighted by molar-refractivity contribution is 5.74. The number of aldehydes is 1. The summed E-state index contributed by atoms with van der Waals surface area (Å²) in [5, 5.41) is 0. The van der Waals surface area contributed by atoms with Crippen molar-refractivity contribution in [3.05, 3.63) is 29.8 Å². The molecule has 1 aromatic carbocycles. The van der Waals surface area contributed by atoms with E-state index in [1.165, 1.54) is 0 Å². The van der Waals surface area contributed by atoms with Gasteiger partial charge in [-0.05, 0) is 24.3 Å². The molecule has 0 unspecified atom stereocenters. The van der Waals surface area contributed by atoms with Gasteiger partial charge in [0.2, 0.25) is 0 Å². The molecule has 0 bridgehead atoms. The molecule has 36 heavy (non-hydrogen) atoms. The van der Waals surface area contributed by atoms with Crippen LogP contribution in [-0.4, -0.2) is 125 Å². The van der Waals surface area contributed by atoms with Gasteiger partial charge in [0.1, 0.15) is 25.3 Å². The lowest BCUT2D eigenvalue weighted by Gasteiger charge is -2.09. The maximum atomic E-state index is 11.8. The van der Waals surface area contributed by atoms with E-state index in [0.29, 0.717) is 117 Å². The predicted octanol–water partition coefficient (Wildman–Crippen LogP) is 1.98. The Labute approximate surface area is 213 Å². The van der Waals surface area contributed by atoms with E-state index in [1.54, 1.807) is 24.3 Å². The van der Waals surface area contributed by atoms with Crippen LogP contribution in [-0.2, 0) is 37.9 Å². The van der Waals surface area contributed by atoms with Gasteiger partial charge < -0.3 is 42.6 Å². The number of benzene rings is 1. The molecule has 0 N–H and O–H groups in total. The highest BCUT2D eigenvalue weighted by Crippen LogP contribution is 2.10. The number of ether oxygens (including phenoxy) is 9. The Hall–Kier alpha value is -1.70. The van der Waals surface area contributed by atoms with Crippen LogP contribution in [0.5, 0.6) is 5.75 Å². The molecule has 0 aliphatic rings. The standard InChI is InChI=1S/C25H41FO10/c26-5-6-28-7-8-29-9-10-30-11-12-31-13-14-32-15-16-33-17-18-34-19-20-35-21-22-36-25-3-1-24(23-27)2-4-25/h1-4,23H,5-22H2. The van der Waals surface area contributed by atoms with Gasteiger partial charge in [-0.3, -0.25) is 4.79 Å². The minimum atomic E-state index is -0.475. The molecule has 11 heteroatoms. The zero-order valence-corrected chi connectivity index (χ0v) is 21.1. The first-order chi connectivity index (χ1) is 17.9. The van der Waals surface area contributed by atoms with E-state index in [4.69, 9.17) is 42.6 Å². The number of hydrogen-bond donors (Lipinski definition) is 0. The van der Waals surface area contributed by atoms with Gasteiger partial charge in [-0.15, -0.1) is 0 Å². The van der Waals surface area contributed by atoms with Crippen molar-refractivity contribution >= 4 is 6.29 Å². The lowest BCUT2D eigenvalue weighted by Crippen LogP contribution is -2.15. The van der Waals surface area contributed by atoms with E-state index in [1.807, 2.05) is 0 Å². The van der Waals surface area contributed by atoms with Crippen LogP contribution in [0, 0.1) is 0 Å². The van der Waals surface area contributed by atoms with E-state index < -0.39 is 6.67 Å². The van der Waals surface area contributed by atoms with Crippen molar-refractivity contribution in [2.75, 3.05) is 119 Å². The summed E-state index contributed by atoms with van der Waals surface area (Å²) in [7, 11) is 0. The molecule has 10 nitrogen and oxygen atoms in total. The van der Waals surface area contributed by atoms with Gasteiger partial charge in [-0.25, -0.2) is 4.39 Å². The van der Waals surface area contributed by atoms with E-state index in [2.05, 4.69) is 0 Å². The van der Waals surface area contributed by atoms with Crippen molar-refractivity contribution in [3.63, 3.8) is 0 Å². The number of alkyl halides is 1. The minimum Gasteiger partial charge on any atom is -0.491 e. The van der Waals surface area contributed by atoms with Crippen molar-refractivity contribution in [2.24, 2.45) is 0 Å². The molecule has 1 aromatic rings. The lowest BCUT2D eigenvalue weighted by molar-refractivity contribution is -0.0238. The van der Waals surface area contributed by atoms with Crippen molar-refractivity contribution in [3.8, 4) is 5.75 Å². The summed E-state index contributed by atoms with van der Waals surface area (Å²) in [6, 6.07) is 6.92. The summed E-state index contributed by atoms with van der Waals surface area (Å²) < 4.78 is 60.0.